The fraction of sp³-hybridized carbons (Fsp3) is 0.133. The van der Waals surface area contributed by atoms with Gasteiger partial charge in [-0.3, -0.25) is 0 Å². The largest absolute Gasteiger partial charge is 0.112 e. The quantitative estimate of drug-likeness (QED) is 0.222. The van der Waals surface area contributed by atoms with Crippen LogP contribution >= 0.6 is 0 Å². The van der Waals surface area contributed by atoms with Crippen molar-refractivity contribution in [1.29, 1.82) is 0 Å². The Morgan fingerprint density at radius 2 is 0.625 bits per heavy atom. The van der Waals surface area contributed by atoms with E-state index in [-0.39, 0.29) is 0 Å². The van der Waals surface area contributed by atoms with E-state index in [1.165, 1.54) is 21.5 Å². The minimum Gasteiger partial charge on any atom is -0.0626 e. The average Bonchev–Trinajstić information content (AvgIpc) is 2.84. The summed E-state index contributed by atoms with van der Waals surface area (Å²) in [5.41, 5.74) is 2.73. The van der Waals surface area contributed by atoms with Gasteiger partial charge in [-0.05, 0) is 21.5 Å². The molecule has 0 aliphatic rings. The Bertz CT molecular complexity index is 1080. The fourth-order valence-corrected chi connectivity index (χ4v) is 12.7. The summed E-state index contributed by atoms with van der Waals surface area (Å²) in [6.07, 6.45) is 0. The molecule has 0 saturated heterocycles. The molecule has 0 aromatic heterocycles. The van der Waals surface area contributed by atoms with Crippen LogP contribution in [0.3, 0.4) is 0 Å². The molecule has 4 rings (SSSR count). The predicted molar refractivity (Wildman–Crippen MR) is 147 cm³/mol. The maximum Gasteiger partial charge on any atom is 0.112 e. The maximum absolute atomic E-state index is 2.52. The van der Waals surface area contributed by atoms with Crippen LogP contribution < -0.4 is 10.4 Å². The third-order valence-electron chi connectivity index (χ3n) is 6.62. The molecule has 0 radical (unpaired) electrons. The molecule has 0 spiro atoms. The van der Waals surface area contributed by atoms with Crippen molar-refractivity contribution in [3.8, 4) is 0 Å². The molecule has 0 bridgehead atoms. The first-order valence-corrected chi connectivity index (χ1v) is 17.4. The van der Waals surface area contributed by atoms with Crippen LogP contribution in [0.2, 0.25) is 26.2 Å². The van der Waals surface area contributed by atoms with Crippen molar-refractivity contribution in [2.24, 2.45) is 0 Å². The lowest BCUT2D eigenvalue weighted by Crippen LogP contribution is -2.49. The van der Waals surface area contributed by atoms with Gasteiger partial charge in [-0.2, -0.15) is 0 Å². The summed E-state index contributed by atoms with van der Waals surface area (Å²) >= 11 is 0. The molecule has 0 aliphatic carbocycles. The summed E-state index contributed by atoms with van der Waals surface area (Å²) in [4.78, 5) is 0. The molecule has 0 unspecified atom stereocenters. The molecule has 0 saturated carbocycles. The molecule has 0 nitrogen and oxygen atoms in total. The van der Waals surface area contributed by atoms with Gasteiger partial charge in [-0.1, -0.05) is 158 Å². The van der Waals surface area contributed by atoms with E-state index in [1.54, 1.807) is 10.4 Å². The van der Waals surface area contributed by atoms with Gasteiger partial charge in [-0.25, -0.2) is 0 Å². The van der Waals surface area contributed by atoms with E-state index in [0.717, 1.165) is 0 Å². The molecule has 0 N–H and O–H groups in total. The molecule has 0 atom stereocenters. The highest BCUT2D eigenvalue weighted by atomic mass is 28.3. The van der Waals surface area contributed by atoms with Gasteiger partial charge in [-0.15, -0.1) is 0 Å². The predicted octanol–water partition coefficient (Wildman–Crippen LogP) is 6.91. The van der Waals surface area contributed by atoms with E-state index < -0.39 is 16.1 Å². The van der Waals surface area contributed by atoms with Crippen LogP contribution in [0.1, 0.15) is 11.1 Å². The van der Waals surface area contributed by atoms with Crippen molar-refractivity contribution in [2.45, 2.75) is 26.2 Å². The lowest BCUT2D eigenvalue weighted by Gasteiger charge is -2.37. The molecule has 0 amide bonds. The minimum absolute atomic E-state index is 1.36. The molecule has 0 fully saturated rings. The number of hydrogen-bond acceptors (Lipinski definition) is 0. The summed E-state index contributed by atoms with van der Waals surface area (Å²) in [6, 6.07) is 44.6. The minimum atomic E-state index is -2.02. The van der Waals surface area contributed by atoms with Crippen molar-refractivity contribution >= 4 is 36.9 Å². The smallest absolute Gasteiger partial charge is 0.0626 e. The standard InChI is InChI=1S/C30H32Si2/c1-31(2,27-21-13-7-14-22-27)29(25-17-9-5-10-18-25)30(26-19-11-6-12-20-26)32(3,4)28-23-15-8-16-24-28/h5-24H,1-4H3/b30-29+. The maximum atomic E-state index is 2.52. The zero-order chi connectivity index (χ0) is 22.6. The molecule has 4 aromatic rings. The highest BCUT2D eigenvalue weighted by Gasteiger charge is 2.39. The Hall–Kier alpha value is -2.95. The van der Waals surface area contributed by atoms with Crippen molar-refractivity contribution in [3.05, 3.63) is 132 Å². The summed E-state index contributed by atoms with van der Waals surface area (Å²) in [5, 5.41) is 6.09. The zero-order valence-corrected chi connectivity index (χ0v) is 21.5. The summed E-state index contributed by atoms with van der Waals surface area (Å²) in [5.74, 6) is 0. The van der Waals surface area contributed by atoms with E-state index in [4.69, 9.17) is 0 Å². The number of hydrogen-bond donors (Lipinski definition) is 0. The van der Waals surface area contributed by atoms with Gasteiger partial charge in [0.05, 0.1) is 0 Å². The van der Waals surface area contributed by atoms with Crippen molar-refractivity contribution < 1.29 is 0 Å². The van der Waals surface area contributed by atoms with Crippen LogP contribution in [0, 0.1) is 0 Å². The normalized spacial score (nSPS) is 12.9. The second kappa shape index (κ2) is 9.27. The molecular formula is C30H32Si2. The van der Waals surface area contributed by atoms with Crippen molar-refractivity contribution in [1.82, 2.24) is 0 Å². The van der Waals surface area contributed by atoms with Gasteiger partial charge in [0.25, 0.3) is 0 Å². The van der Waals surface area contributed by atoms with Crippen LogP contribution in [0.5, 0.6) is 0 Å². The van der Waals surface area contributed by atoms with E-state index in [2.05, 4.69) is 148 Å². The van der Waals surface area contributed by atoms with Gasteiger partial charge in [0, 0.05) is 0 Å². The van der Waals surface area contributed by atoms with Crippen molar-refractivity contribution in [3.63, 3.8) is 0 Å². The van der Waals surface area contributed by atoms with E-state index in [1.807, 2.05) is 0 Å². The highest BCUT2D eigenvalue weighted by molar-refractivity contribution is 7.13. The third kappa shape index (κ3) is 4.34. The highest BCUT2D eigenvalue weighted by Crippen LogP contribution is 2.39. The van der Waals surface area contributed by atoms with Crippen LogP contribution in [-0.4, -0.2) is 16.1 Å². The van der Waals surface area contributed by atoms with Gasteiger partial charge >= 0.3 is 0 Å². The number of benzene rings is 4. The molecule has 160 valence electrons. The van der Waals surface area contributed by atoms with Gasteiger partial charge in [0.2, 0.25) is 0 Å². The first kappa shape index (κ1) is 22.3. The van der Waals surface area contributed by atoms with Gasteiger partial charge in [0.1, 0.15) is 16.1 Å². The van der Waals surface area contributed by atoms with E-state index >= 15 is 0 Å². The molecule has 0 heterocycles. The topological polar surface area (TPSA) is 0 Å². The van der Waals surface area contributed by atoms with Crippen LogP contribution in [0.4, 0.5) is 0 Å². The monoisotopic (exact) mass is 448 g/mol. The third-order valence-corrected chi connectivity index (χ3v) is 14.0. The lowest BCUT2D eigenvalue weighted by molar-refractivity contribution is 1.58. The Labute approximate surface area is 195 Å². The number of rotatable bonds is 6. The molecule has 4 aromatic carbocycles. The fourth-order valence-electron chi connectivity index (χ4n) is 4.84. The molecule has 2 heteroatoms. The second-order valence-corrected chi connectivity index (χ2v) is 18.1. The molecule has 32 heavy (non-hydrogen) atoms. The Balaban J connectivity index is 2.12. The molecular weight excluding hydrogens is 417 g/mol. The van der Waals surface area contributed by atoms with E-state index in [9.17, 15) is 0 Å². The van der Waals surface area contributed by atoms with Gasteiger partial charge < -0.3 is 0 Å². The van der Waals surface area contributed by atoms with Crippen molar-refractivity contribution in [2.75, 3.05) is 0 Å². The second-order valence-electron chi connectivity index (χ2n) is 9.46. The SMILES string of the molecule is C[Si](C)(/C(=C(\c1ccccc1)[Si](C)(C)c1ccccc1)c1ccccc1)c1ccccc1. The van der Waals surface area contributed by atoms with E-state index in [0.29, 0.717) is 0 Å². The van der Waals surface area contributed by atoms with Crippen LogP contribution in [0.25, 0.3) is 10.4 Å². The average molecular weight is 449 g/mol. The Morgan fingerprint density at radius 1 is 0.375 bits per heavy atom. The lowest BCUT2D eigenvalue weighted by atomic mass is 10.1. The molecule has 0 aliphatic heterocycles. The summed E-state index contributed by atoms with van der Waals surface area (Å²) in [7, 11) is -4.05. The summed E-state index contributed by atoms with van der Waals surface area (Å²) < 4.78 is 0. The van der Waals surface area contributed by atoms with Crippen LogP contribution in [0.15, 0.2) is 121 Å². The van der Waals surface area contributed by atoms with Crippen LogP contribution in [-0.2, 0) is 0 Å². The first-order valence-electron chi connectivity index (χ1n) is 11.4. The Kier molecular flexibility index (Phi) is 6.45. The zero-order valence-electron chi connectivity index (χ0n) is 19.5. The summed E-state index contributed by atoms with van der Waals surface area (Å²) in [6.45, 7) is 10.1. The first-order chi connectivity index (χ1) is 15.4. The van der Waals surface area contributed by atoms with Gasteiger partial charge in [0.15, 0.2) is 0 Å². The Morgan fingerprint density at radius 3 is 0.906 bits per heavy atom.